The molecule has 2 heterocycles. The van der Waals surface area contributed by atoms with Crippen LogP contribution in [-0.4, -0.2) is 61.0 Å². The van der Waals surface area contributed by atoms with Crippen LogP contribution in [0.1, 0.15) is 94.2 Å². The Bertz CT molecular complexity index is 1350. The molecule has 2 aromatic rings. The lowest BCUT2D eigenvalue weighted by Gasteiger charge is -2.42. The van der Waals surface area contributed by atoms with Crippen molar-refractivity contribution in [3.63, 3.8) is 0 Å². The van der Waals surface area contributed by atoms with Gasteiger partial charge in [-0.15, -0.1) is 13.2 Å². The van der Waals surface area contributed by atoms with Crippen molar-refractivity contribution in [2.24, 2.45) is 5.41 Å². The first kappa shape index (κ1) is 37.0. The number of carbonyl (C=O) groups excluding carboxylic acids is 1. The van der Waals surface area contributed by atoms with Gasteiger partial charge in [-0.3, -0.25) is 4.90 Å². The van der Waals surface area contributed by atoms with E-state index in [1.165, 1.54) is 33.5 Å². The minimum Gasteiger partial charge on any atom is -0.391 e. The average molecular weight is 639 g/mol. The second-order valence-electron chi connectivity index (χ2n) is 14.0. The van der Waals surface area contributed by atoms with Crippen LogP contribution >= 0.6 is 11.9 Å². The van der Waals surface area contributed by atoms with Gasteiger partial charge in [-0.2, -0.15) is 0 Å². The molecule has 1 fully saturated rings. The molecule has 45 heavy (non-hydrogen) atoms. The number of fused-ring (bicyclic) bond motifs is 3. The zero-order chi connectivity index (χ0) is 33.5. The van der Waals surface area contributed by atoms with E-state index in [4.69, 9.17) is 9.84 Å². The standard InChI is InChI=1S/C32H41FN2O2S.C4H10O.C2H4/c1-21-25(11-17-36)29(23-8-12-32(3,4)13-9-23)22(2)30-26-7-6-24(33)20-27(26)28(35(38-5)31(21)30)10-14-34-15-18-37-19-16-34;1-4(2,3)5;1-2/h6-8,17,20,28H,9-16,18-19H2,1-5H3;5H,1-3H3;1-2H2/t28-;;/m0../s1. The summed E-state index contributed by atoms with van der Waals surface area (Å²) in [6.45, 7) is 24.6. The molecule has 2 aliphatic heterocycles. The molecule has 0 amide bonds. The number of ether oxygens (including phenoxy) is 1. The summed E-state index contributed by atoms with van der Waals surface area (Å²) in [6.07, 6.45) is 10.1. The van der Waals surface area contributed by atoms with E-state index in [2.05, 4.69) is 62.4 Å². The number of morpholine rings is 1. The van der Waals surface area contributed by atoms with Gasteiger partial charge in [0.25, 0.3) is 0 Å². The van der Waals surface area contributed by atoms with Gasteiger partial charge < -0.3 is 18.9 Å². The van der Waals surface area contributed by atoms with Crippen LogP contribution in [0.4, 0.5) is 10.1 Å². The van der Waals surface area contributed by atoms with E-state index in [1.807, 2.05) is 6.07 Å². The summed E-state index contributed by atoms with van der Waals surface area (Å²) in [7, 11) is 0. The molecule has 1 saturated heterocycles. The van der Waals surface area contributed by atoms with Crippen LogP contribution in [0, 0.1) is 25.1 Å². The number of benzene rings is 2. The Morgan fingerprint density at radius 1 is 1.13 bits per heavy atom. The van der Waals surface area contributed by atoms with Crippen molar-refractivity contribution in [1.82, 2.24) is 4.90 Å². The molecule has 248 valence electrons. The van der Waals surface area contributed by atoms with Crippen LogP contribution < -0.4 is 4.31 Å². The quantitative estimate of drug-likeness (QED) is 0.186. The normalized spacial score (nSPS) is 19.2. The maximum Gasteiger partial charge on any atom is 0.124 e. The number of halogens is 1. The van der Waals surface area contributed by atoms with Gasteiger partial charge in [0.2, 0.25) is 0 Å². The summed E-state index contributed by atoms with van der Waals surface area (Å²) in [6, 6.07) is 5.39. The molecule has 0 spiro atoms. The second-order valence-corrected chi connectivity index (χ2v) is 14.7. The Kier molecular flexibility index (Phi) is 13.1. The van der Waals surface area contributed by atoms with Crippen molar-refractivity contribution in [2.45, 2.75) is 92.2 Å². The fourth-order valence-electron chi connectivity index (χ4n) is 6.67. The first-order valence-corrected chi connectivity index (χ1v) is 17.4. The number of hydrogen-bond acceptors (Lipinski definition) is 6. The smallest absolute Gasteiger partial charge is 0.124 e. The molecular formula is C38H55FN2O3S. The predicted octanol–water partition coefficient (Wildman–Crippen LogP) is 8.89. The molecule has 0 bridgehead atoms. The molecule has 2 aromatic carbocycles. The van der Waals surface area contributed by atoms with Gasteiger partial charge in [-0.25, -0.2) is 4.39 Å². The Morgan fingerprint density at radius 2 is 1.78 bits per heavy atom. The zero-order valence-corrected chi connectivity index (χ0v) is 29.7. The van der Waals surface area contributed by atoms with Crippen molar-refractivity contribution in [3.8, 4) is 11.1 Å². The Balaban J connectivity index is 0.000000719. The minimum absolute atomic E-state index is 0.0498. The summed E-state index contributed by atoms with van der Waals surface area (Å²) in [5.41, 5.74) is 10.5. The molecule has 1 N–H and O–H groups in total. The van der Waals surface area contributed by atoms with Gasteiger partial charge in [0, 0.05) is 37.9 Å². The summed E-state index contributed by atoms with van der Waals surface area (Å²) in [5.74, 6) is -0.186. The number of aldehydes is 1. The first-order valence-electron chi connectivity index (χ1n) is 16.2. The van der Waals surface area contributed by atoms with Gasteiger partial charge in [0.05, 0.1) is 30.5 Å². The van der Waals surface area contributed by atoms with E-state index in [-0.39, 0.29) is 11.9 Å². The van der Waals surface area contributed by atoms with E-state index in [9.17, 15) is 9.18 Å². The number of carbonyl (C=O) groups is 1. The van der Waals surface area contributed by atoms with Crippen LogP contribution in [0.2, 0.25) is 0 Å². The lowest BCUT2D eigenvalue weighted by Crippen LogP contribution is -2.39. The second kappa shape index (κ2) is 15.9. The summed E-state index contributed by atoms with van der Waals surface area (Å²) >= 11 is 1.71. The summed E-state index contributed by atoms with van der Waals surface area (Å²) in [4.78, 5) is 14.4. The number of nitrogens with zero attached hydrogens (tertiary/aromatic N) is 2. The molecule has 0 saturated carbocycles. The highest BCUT2D eigenvalue weighted by molar-refractivity contribution is 8.00. The first-order chi connectivity index (χ1) is 21.3. The molecule has 1 atom stereocenters. The number of rotatable bonds is 7. The van der Waals surface area contributed by atoms with E-state index < -0.39 is 5.60 Å². The lowest BCUT2D eigenvalue weighted by molar-refractivity contribution is -0.107. The highest BCUT2D eigenvalue weighted by atomic mass is 32.2. The van der Waals surface area contributed by atoms with Crippen LogP contribution in [0.3, 0.4) is 0 Å². The Morgan fingerprint density at radius 3 is 2.33 bits per heavy atom. The molecular weight excluding hydrogens is 583 g/mol. The predicted molar refractivity (Wildman–Crippen MR) is 191 cm³/mol. The Hall–Kier alpha value is -2.45. The van der Waals surface area contributed by atoms with Crippen LogP contribution in [0.25, 0.3) is 16.7 Å². The maximum absolute atomic E-state index is 14.8. The molecule has 3 aliphatic rings. The van der Waals surface area contributed by atoms with Gasteiger partial charge >= 0.3 is 0 Å². The van der Waals surface area contributed by atoms with E-state index in [0.717, 1.165) is 81.5 Å². The third kappa shape index (κ3) is 9.09. The third-order valence-electron chi connectivity index (χ3n) is 8.84. The minimum atomic E-state index is -0.500. The van der Waals surface area contributed by atoms with Gasteiger partial charge in [-0.1, -0.05) is 37.9 Å². The van der Waals surface area contributed by atoms with Crippen molar-refractivity contribution in [1.29, 1.82) is 0 Å². The van der Waals surface area contributed by atoms with Crippen molar-refractivity contribution in [3.05, 3.63) is 71.1 Å². The third-order valence-corrected chi connectivity index (χ3v) is 9.67. The molecule has 5 rings (SSSR count). The van der Waals surface area contributed by atoms with Crippen molar-refractivity contribution in [2.75, 3.05) is 43.4 Å². The van der Waals surface area contributed by atoms with Crippen LogP contribution in [0.15, 0.2) is 37.4 Å². The number of aliphatic hydroxyl groups is 1. The fourth-order valence-corrected chi connectivity index (χ4v) is 7.55. The van der Waals surface area contributed by atoms with Crippen LogP contribution in [0.5, 0.6) is 0 Å². The van der Waals surface area contributed by atoms with Crippen molar-refractivity contribution >= 4 is 29.5 Å². The molecule has 5 nitrogen and oxygen atoms in total. The van der Waals surface area contributed by atoms with Gasteiger partial charge in [-0.05, 0) is 117 Å². The molecule has 0 aromatic heterocycles. The topological polar surface area (TPSA) is 53.0 Å². The number of allylic oxidation sites excluding steroid dienone is 2. The number of hydrogen-bond donors (Lipinski definition) is 1. The largest absolute Gasteiger partial charge is 0.391 e. The molecule has 7 heteroatoms. The highest BCUT2D eigenvalue weighted by Crippen LogP contribution is 2.54. The average Bonchev–Trinajstić information content (AvgIpc) is 2.99. The fraction of sp³-hybridized carbons (Fsp3) is 0.553. The van der Waals surface area contributed by atoms with E-state index >= 15 is 0 Å². The van der Waals surface area contributed by atoms with Crippen molar-refractivity contribution < 1.29 is 19.0 Å². The number of anilines is 1. The molecule has 0 unspecified atom stereocenters. The van der Waals surface area contributed by atoms with E-state index in [0.29, 0.717) is 11.8 Å². The van der Waals surface area contributed by atoms with Gasteiger partial charge in [0.15, 0.2) is 0 Å². The lowest BCUT2D eigenvalue weighted by atomic mass is 9.73. The summed E-state index contributed by atoms with van der Waals surface area (Å²) in [5, 5.41) is 8.52. The van der Waals surface area contributed by atoms with Crippen LogP contribution in [-0.2, 0) is 16.0 Å². The Labute approximate surface area is 276 Å². The monoisotopic (exact) mass is 638 g/mol. The molecule has 0 radical (unpaired) electrons. The maximum atomic E-state index is 14.8. The highest BCUT2D eigenvalue weighted by Gasteiger charge is 2.36. The zero-order valence-electron chi connectivity index (χ0n) is 28.9. The van der Waals surface area contributed by atoms with Gasteiger partial charge in [0.1, 0.15) is 12.1 Å². The van der Waals surface area contributed by atoms with E-state index in [1.54, 1.807) is 44.9 Å². The summed E-state index contributed by atoms with van der Waals surface area (Å²) < 4.78 is 22.7. The molecule has 1 aliphatic carbocycles. The SMILES string of the molecule is C=C.CC(C)(C)O.CSN1c2c(C)c(CC=O)c(C3=CCC(C)(C)CC3)c(C)c2-c2ccc(F)cc2[C@@H]1CCN1CCOCC1.